The van der Waals surface area contributed by atoms with Gasteiger partial charge in [-0.15, -0.1) is 0 Å². The van der Waals surface area contributed by atoms with E-state index in [4.69, 9.17) is 23.7 Å². The SMILES string of the molecule is CC1(C)O[C@@H]2[C@H](O1)[C@@H](c1ncc(-c3ccccc3)cn1)O[C@@H]2[C@H]1COC(C)(C)O1. The predicted molar refractivity (Wildman–Crippen MR) is 104 cm³/mol. The lowest BCUT2D eigenvalue weighted by Gasteiger charge is -2.26. The van der Waals surface area contributed by atoms with Gasteiger partial charge in [-0.25, -0.2) is 9.97 Å². The molecule has 0 spiro atoms. The van der Waals surface area contributed by atoms with Gasteiger partial charge in [0.15, 0.2) is 17.4 Å². The molecule has 5 rings (SSSR count). The lowest BCUT2D eigenvalue weighted by atomic mass is 10.0. The van der Waals surface area contributed by atoms with Crippen LogP contribution in [-0.4, -0.2) is 52.6 Å². The number of nitrogens with zero attached hydrogens (tertiary/aromatic N) is 2. The van der Waals surface area contributed by atoms with Gasteiger partial charge in [0.1, 0.15) is 30.5 Å². The first-order valence-corrected chi connectivity index (χ1v) is 10.0. The molecular weight excluding hydrogens is 372 g/mol. The number of ether oxygens (including phenoxy) is 5. The number of rotatable bonds is 3. The van der Waals surface area contributed by atoms with Crippen molar-refractivity contribution in [2.24, 2.45) is 0 Å². The van der Waals surface area contributed by atoms with Crippen LogP contribution in [0, 0.1) is 0 Å². The van der Waals surface area contributed by atoms with Crippen molar-refractivity contribution >= 4 is 0 Å². The van der Waals surface area contributed by atoms with E-state index in [0.717, 1.165) is 11.1 Å². The van der Waals surface area contributed by atoms with Crippen LogP contribution in [-0.2, 0) is 23.7 Å². The maximum Gasteiger partial charge on any atom is 0.164 e. The second-order valence-electron chi connectivity index (χ2n) is 8.65. The van der Waals surface area contributed by atoms with E-state index >= 15 is 0 Å². The third-order valence-corrected chi connectivity index (χ3v) is 5.52. The molecule has 3 aliphatic rings. The van der Waals surface area contributed by atoms with Crippen LogP contribution < -0.4 is 0 Å². The molecule has 0 radical (unpaired) electrons. The fourth-order valence-corrected chi connectivity index (χ4v) is 4.28. The lowest BCUT2D eigenvalue weighted by Crippen LogP contribution is -2.40. The summed E-state index contributed by atoms with van der Waals surface area (Å²) in [4.78, 5) is 9.18. The predicted octanol–water partition coefficient (Wildman–Crippen LogP) is 3.26. The lowest BCUT2D eigenvalue weighted by molar-refractivity contribution is -0.208. The summed E-state index contributed by atoms with van der Waals surface area (Å²) in [6.45, 7) is 8.07. The van der Waals surface area contributed by atoms with Crippen LogP contribution >= 0.6 is 0 Å². The zero-order valence-corrected chi connectivity index (χ0v) is 17.1. The molecule has 0 unspecified atom stereocenters. The average molecular weight is 398 g/mol. The van der Waals surface area contributed by atoms with Gasteiger partial charge in [-0.2, -0.15) is 0 Å². The van der Waals surface area contributed by atoms with Crippen LogP contribution in [0.25, 0.3) is 11.1 Å². The molecule has 3 fully saturated rings. The molecule has 29 heavy (non-hydrogen) atoms. The van der Waals surface area contributed by atoms with E-state index < -0.39 is 17.7 Å². The number of hydrogen-bond acceptors (Lipinski definition) is 7. The van der Waals surface area contributed by atoms with E-state index in [-0.39, 0.29) is 24.4 Å². The van der Waals surface area contributed by atoms with E-state index in [1.165, 1.54) is 0 Å². The van der Waals surface area contributed by atoms with Crippen molar-refractivity contribution in [1.82, 2.24) is 9.97 Å². The minimum Gasteiger partial charge on any atom is -0.358 e. The van der Waals surface area contributed by atoms with E-state index in [1.807, 2.05) is 70.4 Å². The van der Waals surface area contributed by atoms with Crippen molar-refractivity contribution < 1.29 is 23.7 Å². The van der Waals surface area contributed by atoms with Crippen LogP contribution in [0.4, 0.5) is 0 Å². The Kier molecular flexibility index (Phi) is 4.49. The fraction of sp³-hybridized carbons (Fsp3) is 0.545. The zero-order valence-electron chi connectivity index (χ0n) is 17.1. The van der Waals surface area contributed by atoms with Gasteiger partial charge in [0, 0.05) is 18.0 Å². The third kappa shape index (κ3) is 3.58. The first-order chi connectivity index (χ1) is 13.8. The summed E-state index contributed by atoms with van der Waals surface area (Å²) in [5.74, 6) is -0.749. The van der Waals surface area contributed by atoms with Crippen molar-refractivity contribution in [2.75, 3.05) is 6.61 Å². The number of benzene rings is 1. The highest BCUT2D eigenvalue weighted by molar-refractivity contribution is 5.60. The Labute approximate surface area is 170 Å². The first-order valence-electron chi connectivity index (χ1n) is 10.0. The highest BCUT2D eigenvalue weighted by atomic mass is 16.8. The summed E-state index contributed by atoms with van der Waals surface area (Å²) in [6.07, 6.45) is 2.10. The van der Waals surface area contributed by atoms with Gasteiger partial charge < -0.3 is 23.7 Å². The van der Waals surface area contributed by atoms with E-state index in [1.54, 1.807) is 0 Å². The van der Waals surface area contributed by atoms with Crippen molar-refractivity contribution in [1.29, 1.82) is 0 Å². The summed E-state index contributed by atoms with van der Waals surface area (Å²) < 4.78 is 30.5. The molecule has 3 saturated heterocycles. The Bertz CT molecular complexity index is 871. The molecule has 7 nitrogen and oxygen atoms in total. The summed E-state index contributed by atoms with van der Waals surface area (Å²) >= 11 is 0. The van der Waals surface area contributed by atoms with Gasteiger partial charge in [0.2, 0.25) is 0 Å². The maximum atomic E-state index is 6.35. The normalized spacial score (nSPS) is 35.0. The Morgan fingerprint density at radius 2 is 1.48 bits per heavy atom. The van der Waals surface area contributed by atoms with Crippen molar-refractivity contribution in [3.63, 3.8) is 0 Å². The standard InChI is InChI=1S/C22H26N2O5/c1-21(2)25-12-15(27-21)16-17-18(29-22(3,4)28-17)19(26-16)20-23-10-14(11-24-20)13-8-6-5-7-9-13/h5-11,15-19H,12H2,1-4H3/t15-,16-,17+,18+,19+/m1/s1. The molecule has 154 valence electrons. The molecule has 2 aromatic rings. The van der Waals surface area contributed by atoms with Gasteiger partial charge in [0.05, 0.1) is 6.61 Å². The van der Waals surface area contributed by atoms with E-state index in [0.29, 0.717) is 12.4 Å². The summed E-state index contributed by atoms with van der Waals surface area (Å²) in [5, 5.41) is 0. The highest BCUT2D eigenvalue weighted by Crippen LogP contribution is 2.46. The largest absolute Gasteiger partial charge is 0.358 e. The molecule has 1 aromatic heterocycles. The topological polar surface area (TPSA) is 71.9 Å². The number of aromatic nitrogens is 2. The van der Waals surface area contributed by atoms with Gasteiger partial charge in [-0.05, 0) is 33.3 Å². The molecule has 0 aliphatic carbocycles. The van der Waals surface area contributed by atoms with E-state index in [9.17, 15) is 0 Å². The van der Waals surface area contributed by atoms with Gasteiger partial charge in [-0.1, -0.05) is 30.3 Å². The molecule has 5 atom stereocenters. The average Bonchev–Trinajstić information content (AvgIpc) is 3.32. The molecule has 3 aliphatic heterocycles. The zero-order chi connectivity index (χ0) is 20.2. The first kappa shape index (κ1) is 19.1. The third-order valence-electron chi connectivity index (χ3n) is 5.52. The summed E-state index contributed by atoms with van der Waals surface area (Å²) in [7, 11) is 0. The van der Waals surface area contributed by atoms with Gasteiger partial charge in [-0.3, -0.25) is 0 Å². The molecule has 0 bridgehead atoms. The Hall–Kier alpha value is -1.90. The monoisotopic (exact) mass is 398 g/mol. The van der Waals surface area contributed by atoms with Crippen LogP contribution in [0.2, 0.25) is 0 Å². The van der Waals surface area contributed by atoms with Crippen LogP contribution in [0.15, 0.2) is 42.7 Å². The Balaban J connectivity index is 1.41. The van der Waals surface area contributed by atoms with Crippen LogP contribution in [0.1, 0.15) is 39.6 Å². The number of fused-ring (bicyclic) bond motifs is 1. The Morgan fingerprint density at radius 1 is 0.793 bits per heavy atom. The molecule has 4 heterocycles. The molecule has 0 N–H and O–H groups in total. The molecule has 1 aromatic carbocycles. The summed E-state index contributed by atoms with van der Waals surface area (Å²) in [6, 6.07) is 10.0. The smallest absolute Gasteiger partial charge is 0.164 e. The minimum absolute atomic E-state index is 0.233. The van der Waals surface area contributed by atoms with Crippen molar-refractivity contribution in [3.05, 3.63) is 48.5 Å². The second kappa shape index (κ2) is 6.82. The quantitative estimate of drug-likeness (QED) is 0.786. The molecular formula is C22H26N2O5. The Morgan fingerprint density at radius 3 is 2.14 bits per heavy atom. The molecule has 0 saturated carbocycles. The van der Waals surface area contributed by atoms with Gasteiger partial charge >= 0.3 is 0 Å². The van der Waals surface area contributed by atoms with Crippen LogP contribution in [0.5, 0.6) is 0 Å². The summed E-state index contributed by atoms with van der Waals surface area (Å²) in [5.41, 5.74) is 2.03. The fourth-order valence-electron chi connectivity index (χ4n) is 4.28. The highest BCUT2D eigenvalue weighted by Gasteiger charge is 2.59. The van der Waals surface area contributed by atoms with E-state index in [2.05, 4.69) is 9.97 Å². The van der Waals surface area contributed by atoms with Crippen molar-refractivity contribution in [2.45, 2.75) is 69.8 Å². The second-order valence-corrected chi connectivity index (χ2v) is 8.65. The van der Waals surface area contributed by atoms with Crippen LogP contribution in [0.3, 0.4) is 0 Å². The molecule has 0 amide bonds. The molecule has 7 heteroatoms. The number of hydrogen-bond donors (Lipinski definition) is 0. The minimum atomic E-state index is -0.700. The maximum absolute atomic E-state index is 6.35. The van der Waals surface area contributed by atoms with Gasteiger partial charge in [0.25, 0.3) is 0 Å². The van der Waals surface area contributed by atoms with Crippen molar-refractivity contribution in [3.8, 4) is 11.1 Å².